The van der Waals surface area contributed by atoms with E-state index in [9.17, 15) is 0 Å². The van der Waals surface area contributed by atoms with Crippen LogP contribution in [0.15, 0.2) is 22.7 Å². The van der Waals surface area contributed by atoms with Gasteiger partial charge in [-0.1, -0.05) is 26.7 Å². The zero-order chi connectivity index (χ0) is 13.2. The highest BCUT2D eigenvalue weighted by Gasteiger charge is 2.31. The highest BCUT2D eigenvalue weighted by molar-refractivity contribution is 9.10. The lowest BCUT2D eigenvalue weighted by atomic mass is 9.73. The van der Waals surface area contributed by atoms with Gasteiger partial charge in [0.15, 0.2) is 0 Å². The predicted molar refractivity (Wildman–Crippen MR) is 80.4 cm³/mol. The van der Waals surface area contributed by atoms with Gasteiger partial charge >= 0.3 is 0 Å². The molecule has 0 aromatic heterocycles. The molecule has 1 atom stereocenters. The molecule has 0 amide bonds. The molecule has 100 valence electrons. The molecule has 1 N–H and O–H groups in total. The number of hydrogen-bond donors (Lipinski definition) is 1. The lowest BCUT2D eigenvalue weighted by Crippen LogP contribution is -2.38. The van der Waals surface area contributed by atoms with Gasteiger partial charge in [-0.05, 0) is 52.4 Å². The van der Waals surface area contributed by atoms with Gasteiger partial charge in [0.2, 0.25) is 0 Å². The number of methoxy groups -OCH3 is 1. The molecule has 1 aliphatic rings. The van der Waals surface area contributed by atoms with E-state index in [-0.39, 0.29) is 0 Å². The Labute approximate surface area is 118 Å². The fourth-order valence-corrected chi connectivity index (χ4v) is 3.26. The SMILES string of the molecule is COc1ccc(NC2CCCCC2(C)C)cc1Br. The van der Waals surface area contributed by atoms with E-state index in [4.69, 9.17) is 4.74 Å². The summed E-state index contributed by atoms with van der Waals surface area (Å²) in [6, 6.07) is 6.76. The molecule has 0 heterocycles. The molecule has 3 heteroatoms. The van der Waals surface area contributed by atoms with E-state index in [1.807, 2.05) is 6.07 Å². The Kier molecular flexibility index (Phi) is 4.21. The van der Waals surface area contributed by atoms with Crippen molar-refractivity contribution in [3.8, 4) is 5.75 Å². The van der Waals surface area contributed by atoms with Gasteiger partial charge in [0.05, 0.1) is 11.6 Å². The number of hydrogen-bond acceptors (Lipinski definition) is 2. The topological polar surface area (TPSA) is 21.3 Å². The Morgan fingerprint density at radius 1 is 1.33 bits per heavy atom. The highest BCUT2D eigenvalue weighted by atomic mass is 79.9. The number of benzene rings is 1. The van der Waals surface area contributed by atoms with Crippen molar-refractivity contribution in [1.29, 1.82) is 0 Å². The third kappa shape index (κ3) is 3.00. The molecule has 1 unspecified atom stereocenters. The van der Waals surface area contributed by atoms with Gasteiger partial charge in [-0.2, -0.15) is 0 Å². The highest BCUT2D eigenvalue weighted by Crippen LogP contribution is 2.38. The van der Waals surface area contributed by atoms with E-state index < -0.39 is 0 Å². The Bertz CT molecular complexity index is 417. The first-order chi connectivity index (χ1) is 8.53. The number of halogens is 1. The Hall–Kier alpha value is -0.700. The van der Waals surface area contributed by atoms with Crippen molar-refractivity contribution in [2.24, 2.45) is 5.41 Å². The van der Waals surface area contributed by atoms with Gasteiger partial charge in [-0.25, -0.2) is 0 Å². The fourth-order valence-electron chi connectivity index (χ4n) is 2.72. The van der Waals surface area contributed by atoms with E-state index >= 15 is 0 Å². The molecule has 0 saturated heterocycles. The molecule has 2 rings (SSSR count). The fraction of sp³-hybridized carbons (Fsp3) is 0.600. The summed E-state index contributed by atoms with van der Waals surface area (Å²) in [4.78, 5) is 0. The van der Waals surface area contributed by atoms with Crippen LogP contribution in [-0.2, 0) is 0 Å². The van der Waals surface area contributed by atoms with E-state index in [0.717, 1.165) is 10.2 Å². The maximum absolute atomic E-state index is 5.26. The first-order valence-electron chi connectivity index (χ1n) is 6.63. The molecular formula is C15H22BrNO. The summed E-state index contributed by atoms with van der Waals surface area (Å²) < 4.78 is 6.26. The molecule has 18 heavy (non-hydrogen) atoms. The number of ether oxygens (including phenoxy) is 1. The number of nitrogens with one attached hydrogen (secondary N) is 1. The average Bonchev–Trinajstić information content (AvgIpc) is 2.32. The second-order valence-electron chi connectivity index (χ2n) is 5.78. The van der Waals surface area contributed by atoms with Gasteiger partial charge in [0, 0.05) is 11.7 Å². The van der Waals surface area contributed by atoms with Crippen LogP contribution in [0.25, 0.3) is 0 Å². The summed E-state index contributed by atoms with van der Waals surface area (Å²) in [5.41, 5.74) is 1.55. The van der Waals surface area contributed by atoms with E-state index in [2.05, 4.69) is 47.2 Å². The summed E-state index contributed by atoms with van der Waals surface area (Å²) in [6.07, 6.45) is 5.26. The molecular weight excluding hydrogens is 290 g/mol. The van der Waals surface area contributed by atoms with Crippen LogP contribution in [0.3, 0.4) is 0 Å². The molecule has 1 saturated carbocycles. The standard InChI is InChI=1S/C15H22BrNO/c1-15(2)9-5-4-6-14(15)17-11-7-8-13(18-3)12(16)10-11/h7-8,10,14,17H,4-6,9H2,1-3H3. The molecule has 0 bridgehead atoms. The van der Waals surface area contributed by atoms with Crippen molar-refractivity contribution in [2.45, 2.75) is 45.6 Å². The number of rotatable bonds is 3. The van der Waals surface area contributed by atoms with E-state index in [1.54, 1.807) is 7.11 Å². The zero-order valence-electron chi connectivity index (χ0n) is 11.4. The summed E-state index contributed by atoms with van der Waals surface area (Å²) in [6.45, 7) is 4.73. The average molecular weight is 312 g/mol. The van der Waals surface area contributed by atoms with Crippen LogP contribution in [0.1, 0.15) is 39.5 Å². The van der Waals surface area contributed by atoms with Crippen LogP contribution in [-0.4, -0.2) is 13.2 Å². The van der Waals surface area contributed by atoms with Gasteiger partial charge in [-0.3, -0.25) is 0 Å². The van der Waals surface area contributed by atoms with Gasteiger partial charge in [-0.15, -0.1) is 0 Å². The lowest BCUT2D eigenvalue weighted by molar-refractivity contribution is 0.217. The smallest absolute Gasteiger partial charge is 0.133 e. The van der Waals surface area contributed by atoms with Crippen LogP contribution < -0.4 is 10.1 Å². The lowest BCUT2D eigenvalue weighted by Gasteiger charge is -2.39. The van der Waals surface area contributed by atoms with Crippen LogP contribution in [0.4, 0.5) is 5.69 Å². The Morgan fingerprint density at radius 2 is 2.11 bits per heavy atom. The normalized spacial score (nSPS) is 22.6. The molecule has 1 aromatic rings. The van der Waals surface area contributed by atoms with Crippen molar-refractivity contribution in [3.05, 3.63) is 22.7 Å². The zero-order valence-corrected chi connectivity index (χ0v) is 13.0. The molecule has 0 aliphatic heterocycles. The maximum atomic E-state index is 5.26. The summed E-state index contributed by atoms with van der Waals surface area (Å²) in [5.74, 6) is 0.878. The third-order valence-electron chi connectivity index (χ3n) is 4.00. The van der Waals surface area contributed by atoms with Crippen molar-refractivity contribution in [3.63, 3.8) is 0 Å². The van der Waals surface area contributed by atoms with Crippen LogP contribution in [0.5, 0.6) is 5.75 Å². The Morgan fingerprint density at radius 3 is 2.72 bits per heavy atom. The third-order valence-corrected chi connectivity index (χ3v) is 4.62. The Balaban J connectivity index is 2.11. The van der Waals surface area contributed by atoms with Crippen molar-refractivity contribution < 1.29 is 4.74 Å². The summed E-state index contributed by atoms with van der Waals surface area (Å²) >= 11 is 3.54. The molecule has 0 spiro atoms. The van der Waals surface area contributed by atoms with Gasteiger partial charge in [0.1, 0.15) is 5.75 Å². The van der Waals surface area contributed by atoms with Crippen LogP contribution in [0, 0.1) is 5.41 Å². The summed E-state index contributed by atoms with van der Waals surface area (Å²) in [7, 11) is 1.69. The molecule has 0 radical (unpaired) electrons. The van der Waals surface area contributed by atoms with Crippen molar-refractivity contribution in [2.75, 3.05) is 12.4 Å². The maximum Gasteiger partial charge on any atom is 0.133 e. The van der Waals surface area contributed by atoms with Crippen LogP contribution in [0.2, 0.25) is 0 Å². The minimum absolute atomic E-state index is 0.380. The van der Waals surface area contributed by atoms with Crippen LogP contribution >= 0.6 is 15.9 Å². The second kappa shape index (κ2) is 5.52. The van der Waals surface area contributed by atoms with E-state index in [0.29, 0.717) is 11.5 Å². The van der Waals surface area contributed by atoms with E-state index in [1.165, 1.54) is 31.4 Å². The second-order valence-corrected chi connectivity index (χ2v) is 6.63. The predicted octanol–water partition coefficient (Wildman–Crippen LogP) is 4.84. The molecule has 2 nitrogen and oxygen atoms in total. The van der Waals surface area contributed by atoms with Gasteiger partial charge in [0.25, 0.3) is 0 Å². The first kappa shape index (κ1) is 13.7. The van der Waals surface area contributed by atoms with Crippen molar-refractivity contribution in [1.82, 2.24) is 0 Å². The minimum Gasteiger partial charge on any atom is -0.496 e. The monoisotopic (exact) mass is 311 g/mol. The summed E-state index contributed by atoms with van der Waals surface area (Å²) in [5, 5.41) is 3.68. The van der Waals surface area contributed by atoms with Crippen molar-refractivity contribution >= 4 is 21.6 Å². The molecule has 1 aromatic carbocycles. The number of anilines is 1. The minimum atomic E-state index is 0.380. The largest absolute Gasteiger partial charge is 0.496 e. The quantitative estimate of drug-likeness (QED) is 0.862. The first-order valence-corrected chi connectivity index (χ1v) is 7.42. The molecule has 1 aliphatic carbocycles. The molecule has 1 fully saturated rings. The van der Waals surface area contributed by atoms with Gasteiger partial charge < -0.3 is 10.1 Å².